The van der Waals surface area contributed by atoms with Gasteiger partial charge in [0.05, 0.1) is 12.1 Å². The van der Waals surface area contributed by atoms with Crippen LogP contribution in [0, 0.1) is 5.92 Å². The minimum atomic E-state index is -0.185. The normalized spacial score (nSPS) is 18.4. The lowest BCUT2D eigenvalue weighted by Crippen LogP contribution is -2.47. The van der Waals surface area contributed by atoms with Crippen molar-refractivity contribution in [2.24, 2.45) is 5.92 Å². The standard InChI is InChI=1S/C16H26N4O2/c1-12(2)11-22-14-5-9-20(10-6-14)13(3)15(21)19-16-17-7-4-8-18-16/h4,7-8,12-14H,5-6,9-11H2,1-3H3,(H,17,18,19,21)/t13-/m0/s1. The molecule has 6 heteroatoms. The maximum absolute atomic E-state index is 12.2. The van der Waals surface area contributed by atoms with Gasteiger partial charge in [-0.25, -0.2) is 9.97 Å². The molecule has 0 spiro atoms. The first-order chi connectivity index (χ1) is 10.6. The van der Waals surface area contributed by atoms with Gasteiger partial charge in [-0.15, -0.1) is 0 Å². The van der Waals surface area contributed by atoms with Gasteiger partial charge in [0.15, 0.2) is 0 Å². The molecule has 2 rings (SSSR count). The molecule has 0 saturated carbocycles. The summed E-state index contributed by atoms with van der Waals surface area (Å²) >= 11 is 0. The lowest BCUT2D eigenvalue weighted by Gasteiger charge is -2.35. The van der Waals surface area contributed by atoms with Gasteiger partial charge < -0.3 is 4.74 Å². The number of amides is 1. The first-order valence-electron chi connectivity index (χ1n) is 7.99. The van der Waals surface area contributed by atoms with Crippen LogP contribution in [0.25, 0.3) is 0 Å². The molecule has 1 aromatic heterocycles. The molecule has 1 aliphatic heterocycles. The molecule has 1 atom stereocenters. The molecule has 122 valence electrons. The molecule has 0 aromatic carbocycles. The zero-order valence-electron chi connectivity index (χ0n) is 13.7. The summed E-state index contributed by atoms with van der Waals surface area (Å²) in [6.07, 6.45) is 5.51. The van der Waals surface area contributed by atoms with Crippen molar-refractivity contribution in [3.8, 4) is 0 Å². The number of carbonyl (C=O) groups is 1. The molecular weight excluding hydrogens is 280 g/mol. The fourth-order valence-electron chi connectivity index (χ4n) is 2.50. The van der Waals surface area contributed by atoms with Gasteiger partial charge in [0.2, 0.25) is 11.9 Å². The van der Waals surface area contributed by atoms with Crippen molar-refractivity contribution in [3.05, 3.63) is 18.5 Å². The predicted octanol–water partition coefficient (Wildman–Crippen LogP) is 1.94. The van der Waals surface area contributed by atoms with Gasteiger partial charge in [-0.2, -0.15) is 0 Å². The third kappa shape index (κ3) is 5.03. The van der Waals surface area contributed by atoms with Crippen molar-refractivity contribution in [1.29, 1.82) is 0 Å². The first-order valence-corrected chi connectivity index (χ1v) is 7.99. The van der Waals surface area contributed by atoms with E-state index in [0.29, 0.717) is 18.0 Å². The van der Waals surface area contributed by atoms with Crippen molar-refractivity contribution in [3.63, 3.8) is 0 Å². The number of rotatable bonds is 6. The Morgan fingerprint density at radius 1 is 1.32 bits per heavy atom. The van der Waals surface area contributed by atoms with Crippen molar-refractivity contribution >= 4 is 11.9 Å². The zero-order valence-corrected chi connectivity index (χ0v) is 13.7. The Balaban J connectivity index is 1.77. The highest BCUT2D eigenvalue weighted by molar-refractivity contribution is 5.93. The van der Waals surface area contributed by atoms with E-state index in [1.807, 2.05) is 6.92 Å². The number of carbonyl (C=O) groups excluding carboxylic acids is 1. The van der Waals surface area contributed by atoms with Crippen LogP contribution >= 0.6 is 0 Å². The fraction of sp³-hybridized carbons (Fsp3) is 0.688. The number of piperidine rings is 1. The Bertz CT molecular complexity index is 458. The summed E-state index contributed by atoms with van der Waals surface area (Å²) in [6.45, 7) is 8.82. The summed E-state index contributed by atoms with van der Waals surface area (Å²) in [5.41, 5.74) is 0. The number of hydrogen-bond acceptors (Lipinski definition) is 5. The SMILES string of the molecule is CC(C)COC1CCN([C@@H](C)C(=O)Nc2ncccn2)CC1. The molecule has 22 heavy (non-hydrogen) atoms. The second-order valence-corrected chi connectivity index (χ2v) is 6.20. The van der Waals surface area contributed by atoms with Gasteiger partial charge in [-0.3, -0.25) is 15.0 Å². The van der Waals surface area contributed by atoms with Crippen molar-refractivity contribution in [1.82, 2.24) is 14.9 Å². The minimum Gasteiger partial charge on any atom is -0.378 e. The molecule has 1 N–H and O–H groups in total. The minimum absolute atomic E-state index is 0.0623. The molecule has 1 aromatic rings. The van der Waals surface area contributed by atoms with Crippen LogP contribution in [0.1, 0.15) is 33.6 Å². The van der Waals surface area contributed by atoms with Crippen LogP contribution in [0.3, 0.4) is 0 Å². The number of likely N-dealkylation sites (tertiary alicyclic amines) is 1. The highest BCUT2D eigenvalue weighted by Crippen LogP contribution is 2.17. The second kappa shape index (κ2) is 8.19. The molecular formula is C16H26N4O2. The third-order valence-electron chi connectivity index (χ3n) is 3.87. The lowest BCUT2D eigenvalue weighted by molar-refractivity contribution is -0.122. The predicted molar refractivity (Wildman–Crippen MR) is 85.5 cm³/mol. The lowest BCUT2D eigenvalue weighted by atomic mass is 10.1. The summed E-state index contributed by atoms with van der Waals surface area (Å²) in [6, 6.07) is 1.54. The third-order valence-corrected chi connectivity index (χ3v) is 3.87. The Kier molecular flexibility index (Phi) is 6.27. The molecule has 1 aliphatic rings. The number of ether oxygens (including phenoxy) is 1. The van der Waals surface area contributed by atoms with Gasteiger partial charge in [0.25, 0.3) is 0 Å². The van der Waals surface area contributed by atoms with Crippen LogP contribution in [0.4, 0.5) is 5.95 Å². The van der Waals surface area contributed by atoms with Crippen molar-refractivity contribution in [2.45, 2.75) is 45.8 Å². The Morgan fingerprint density at radius 3 is 2.55 bits per heavy atom. The van der Waals surface area contributed by atoms with E-state index < -0.39 is 0 Å². The Morgan fingerprint density at radius 2 is 1.95 bits per heavy atom. The topological polar surface area (TPSA) is 67.3 Å². The van der Waals surface area contributed by atoms with Crippen molar-refractivity contribution < 1.29 is 9.53 Å². The van der Waals surface area contributed by atoms with Crippen molar-refractivity contribution in [2.75, 3.05) is 25.0 Å². The number of nitrogens with zero attached hydrogens (tertiary/aromatic N) is 3. The first kappa shape index (κ1) is 16.8. The summed E-state index contributed by atoms with van der Waals surface area (Å²) in [4.78, 5) is 22.5. The molecule has 0 aliphatic carbocycles. The average Bonchev–Trinajstić information content (AvgIpc) is 2.53. The highest BCUT2D eigenvalue weighted by atomic mass is 16.5. The van der Waals surface area contributed by atoms with Gasteiger partial charge >= 0.3 is 0 Å². The number of anilines is 1. The van der Waals surface area contributed by atoms with Crippen LogP contribution in [0.5, 0.6) is 0 Å². The zero-order chi connectivity index (χ0) is 15.9. The van der Waals surface area contributed by atoms with E-state index in [1.54, 1.807) is 18.5 Å². The Labute approximate surface area is 132 Å². The molecule has 1 amide bonds. The molecule has 0 unspecified atom stereocenters. The van der Waals surface area contributed by atoms with Crippen LogP contribution in [0.2, 0.25) is 0 Å². The highest BCUT2D eigenvalue weighted by Gasteiger charge is 2.27. The fourth-order valence-corrected chi connectivity index (χ4v) is 2.50. The summed E-state index contributed by atoms with van der Waals surface area (Å²) in [7, 11) is 0. The molecule has 0 radical (unpaired) electrons. The van der Waals surface area contributed by atoms with Gasteiger partial charge in [0, 0.05) is 32.1 Å². The molecule has 0 bridgehead atoms. The molecule has 6 nitrogen and oxygen atoms in total. The number of aromatic nitrogens is 2. The molecule has 1 saturated heterocycles. The van der Waals surface area contributed by atoms with E-state index in [9.17, 15) is 4.79 Å². The average molecular weight is 306 g/mol. The Hall–Kier alpha value is -1.53. The van der Waals surface area contributed by atoms with Crippen LogP contribution in [0.15, 0.2) is 18.5 Å². The van der Waals surface area contributed by atoms with Gasteiger partial charge in [-0.1, -0.05) is 13.8 Å². The van der Waals surface area contributed by atoms with E-state index in [-0.39, 0.29) is 11.9 Å². The number of nitrogens with one attached hydrogen (secondary N) is 1. The van der Waals surface area contributed by atoms with E-state index in [0.717, 1.165) is 32.5 Å². The summed E-state index contributed by atoms with van der Waals surface area (Å²) < 4.78 is 5.88. The van der Waals surface area contributed by atoms with Crippen LogP contribution < -0.4 is 5.32 Å². The smallest absolute Gasteiger partial charge is 0.243 e. The quantitative estimate of drug-likeness (QED) is 0.870. The number of hydrogen-bond donors (Lipinski definition) is 1. The van der Waals surface area contributed by atoms with E-state index in [4.69, 9.17) is 4.74 Å². The van der Waals surface area contributed by atoms with E-state index in [1.165, 1.54) is 0 Å². The second-order valence-electron chi connectivity index (χ2n) is 6.20. The van der Waals surface area contributed by atoms with Gasteiger partial charge in [0.1, 0.15) is 0 Å². The maximum Gasteiger partial charge on any atom is 0.243 e. The largest absolute Gasteiger partial charge is 0.378 e. The summed E-state index contributed by atoms with van der Waals surface area (Å²) in [5.74, 6) is 0.857. The van der Waals surface area contributed by atoms with Crippen LogP contribution in [-0.2, 0) is 9.53 Å². The van der Waals surface area contributed by atoms with Crippen LogP contribution in [-0.4, -0.2) is 52.6 Å². The molecule has 1 fully saturated rings. The van der Waals surface area contributed by atoms with E-state index in [2.05, 4.69) is 34.0 Å². The van der Waals surface area contributed by atoms with Gasteiger partial charge in [-0.05, 0) is 31.7 Å². The monoisotopic (exact) mass is 306 g/mol. The summed E-state index contributed by atoms with van der Waals surface area (Å²) in [5, 5.41) is 2.76. The maximum atomic E-state index is 12.2. The van der Waals surface area contributed by atoms with E-state index >= 15 is 0 Å². The molecule has 2 heterocycles.